The Labute approximate surface area is 155 Å². The van der Waals surface area contributed by atoms with E-state index >= 15 is 0 Å². The minimum absolute atomic E-state index is 0.0361. The van der Waals surface area contributed by atoms with Crippen LogP contribution in [0.25, 0.3) is 0 Å². The van der Waals surface area contributed by atoms with Crippen molar-refractivity contribution in [3.8, 4) is 17.2 Å². The van der Waals surface area contributed by atoms with Crippen LogP contribution in [0, 0.1) is 0 Å². The average Bonchev–Trinajstić information content (AvgIpc) is 2.64. The van der Waals surface area contributed by atoms with Gasteiger partial charge in [0.15, 0.2) is 6.61 Å². The van der Waals surface area contributed by atoms with Gasteiger partial charge in [-0.05, 0) is 29.2 Å². The lowest BCUT2D eigenvalue weighted by Gasteiger charge is -2.22. The molecule has 0 saturated heterocycles. The first-order chi connectivity index (χ1) is 12.3. The van der Waals surface area contributed by atoms with Crippen LogP contribution < -0.4 is 19.5 Å². The van der Waals surface area contributed by atoms with Crippen molar-refractivity contribution in [1.82, 2.24) is 5.32 Å². The van der Waals surface area contributed by atoms with E-state index in [1.54, 1.807) is 20.3 Å². The Balaban J connectivity index is 1.95. The summed E-state index contributed by atoms with van der Waals surface area (Å²) in [6.07, 6.45) is 0. The third kappa shape index (κ3) is 5.15. The molecular weight excluding hydrogens is 330 g/mol. The van der Waals surface area contributed by atoms with Crippen LogP contribution in [0.4, 0.5) is 0 Å². The summed E-state index contributed by atoms with van der Waals surface area (Å²) in [6.45, 7) is 6.67. The molecule has 2 aromatic rings. The maximum absolute atomic E-state index is 12.2. The number of carbonyl (C=O) groups excluding carboxylic acids is 1. The number of benzene rings is 2. The first kappa shape index (κ1) is 19.6. The third-order valence-electron chi connectivity index (χ3n) is 4.02. The number of hydrogen-bond acceptors (Lipinski definition) is 4. The zero-order valence-corrected chi connectivity index (χ0v) is 16.1. The van der Waals surface area contributed by atoms with Crippen LogP contribution in [0.3, 0.4) is 0 Å². The first-order valence-electron chi connectivity index (χ1n) is 8.55. The molecule has 1 N–H and O–H groups in total. The van der Waals surface area contributed by atoms with Gasteiger partial charge >= 0.3 is 0 Å². The molecule has 1 amide bonds. The van der Waals surface area contributed by atoms with Gasteiger partial charge in [0.2, 0.25) is 0 Å². The van der Waals surface area contributed by atoms with E-state index in [1.165, 1.54) is 0 Å². The molecule has 0 aliphatic carbocycles. The molecule has 0 heterocycles. The number of methoxy groups -OCH3 is 2. The maximum Gasteiger partial charge on any atom is 0.258 e. The van der Waals surface area contributed by atoms with Gasteiger partial charge in [-0.3, -0.25) is 4.79 Å². The predicted molar refractivity (Wildman–Crippen MR) is 102 cm³/mol. The van der Waals surface area contributed by atoms with Gasteiger partial charge in [-0.1, -0.05) is 39.0 Å². The zero-order valence-electron chi connectivity index (χ0n) is 16.1. The summed E-state index contributed by atoms with van der Waals surface area (Å²) < 4.78 is 16.3. The van der Waals surface area contributed by atoms with Gasteiger partial charge in [-0.25, -0.2) is 0 Å². The molecule has 0 fully saturated rings. The minimum atomic E-state index is -0.188. The van der Waals surface area contributed by atoms with E-state index in [2.05, 4.69) is 26.1 Å². The van der Waals surface area contributed by atoms with Crippen LogP contribution in [0.2, 0.25) is 0 Å². The molecule has 0 radical (unpaired) electrons. The monoisotopic (exact) mass is 357 g/mol. The molecule has 2 aromatic carbocycles. The average molecular weight is 357 g/mol. The van der Waals surface area contributed by atoms with E-state index in [9.17, 15) is 4.79 Å². The summed E-state index contributed by atoms with van der Waals surface area (Å²) in [7, 11) is 3.19. The summed E-state index contributed by atoms with van der Waals surface area (Å²) in [6, 6.07) is 13.3. The second-order valence-corrected chi connectivity index (χ2v) is 6.99. The van der Waals surface area contributed by atoms with Crippen LogP contribution in [0.1, 0.15) is 31.9 Å². The molecule has 0 spiro atoms. The molecule has 0 aromatic heterocycles. The topological polar surface area (TPSA) is 56.8 Å². The maximum atomic E-state index is 12.2. The van der Waals surface area contributed by atoms with Crippen molar-refractivity contribution in [3.63, 3.8) is 0 Å². The molecule has 5 heteroatoms. The lowest BCUT2D eigenvalue weighted by atomic mass is 9.86. The van der Waals surface area contributed by atoms with Crippen molar-refractivity contribution >= 4 is 5.91 Å². The number of amides is 1. The quantitative estimate of drug-likeness (QED) is 0.821. The molecule has 5 nitrogen and oxygen atoms in total. The molecule has 0 aliphatic rings. The SMILES string of the molecule is COc1ccc(CNC(=O)COc2ccccc2C(C)(C)C)c(OC)c1. The van der Waals surface area contributed by atoms with E-state index in [-0.39, 0.29) is 17.9 Å². The van der Waals surface area contributed by atoms with Crippen LogP contribution in [0.5, 0.6) is 17.2 Å². The van der Waals surface area contributed by atoms with Gasteiger partial charge in [0.1, 0.15) is 17.2 Å². The van der Waals surface area contributed by atoms with E-state index in [0.717, 1.165) is 16.9 Å². The molecular formula is C21H27NO4. The zero-order chi connectivity index (χ0) is 19.2. The van der Waals surface area contributed by atoms with E-state index < -0.39 is 0 Å². The minimum Gasteiger partial charge on any atom is -0.497 e. The fraction of sp³-hybridized carbons (Fsp3) is 0.381. The molecule has 26 heavy (non-hydrogen) atoms. The first-order valence-corrected chi connectivity index (χ1v) is 8.55. The largest absolute Gasteiger partial charge is 0.497 e. The third-order valence-corrected chi connectivity index (χ3v) is 4.02. The Morgan fingerprint density at radius 3 is 2.38 bits per heavy atom. The van der Waals surface area contributed by atoms with Crippen LogP contribution in [-0.2, 0) is 16.8 Å². The summed E-state index contributed by atoms with van der Waals surface area (Å²) in [5.74, 6) is 1.92. The van der Waals surface area contributed by atoms with E-state index in [4.69, 9.17) is 14.2 Å². The van der Waals surface area contributed by atoms with Gasteiger partial charge in [0, 0.05) is 18.2 Å². The van der Waals surface area contributed by atoms with Gasteiger partial charge in [0.05, 0.1) is 14.2 Å². The highest BCUT2D eigenvalue weighted by molar-refractivity contribution is 5.77. The van der Waals surface area contributed by atoms with Crippen LogP contribution in [-0.4, -0.2) is 26.7 Å². The van der Waals surface area contributed by atoms with Crippen molar-refractivity contribution in [2.45, 2.75) is 32.7 Å². The van der Waals surface area contributed by atoms with Gasteiger partial charge < -0.3 is 19.5 Å². The highest BCUT2D eigenvalue weighted by Gasteiger charge is 2.19. The summed E-state index contributed by atoms with van der Waals surface area (Å²) >= 11 is 0. The standard InChI is InChI=1S/C21H27NO4/c1-21(2,3)17-8-6-7-9-18(17)26-14-20(23)22-13-15-10-11-16(24-4)12-19(15)25-5/h6-12H,13-14H2,1-5H3,(H,22,23). The molecule has 0 unspecified atom stereocenters. The lowest BCUT2D eigenvalue weighted by molar-refractivity contribution is -0.123. The molecule has 0 atom stereocenters. The smallest absolute Gasteiger partial charge is 0.258 e. The predicted octanol–water partition coefficient (Wildman–Crippen LogP) is 3.70. The van der Waals surface area contributed by atoms with Crippen molar-refractivity contribution in [2.75, 3.05) is 20.8 Å². The Morgan fingerprint density at radius 2 is 1.73 bits per heavy atom. The number of carbonyl (C=O) groups is 1. The Hall–Kier alpha value is -2.69. The van der Waals surface area contributed by atoms with Gasteiger partial charge in [0.25, 0.3) is 5.91 Å². The lowest BCUT2D eigenvalue weighted by Crippen LogP contribution is -2.29. The van der Waals surface area contributed by atoms with Gasteiger partial charge in [-0.15, -0.1) is 0 Å². The Morgan fingerprint density at radius 1 is 1.00 bits per heavy atom. The molecule has 0 aliphatic heterocycles. The fourth-order valence-corrected chi connectivity index (χ4v) is 2.60. The number of ether oxygens (including phenoxy) is 3. The van der Waals surface area contributed by atoms with Crippen molar-refractivity contribution in [2.24, 2.45) is 0 Å². The normalized spacial score (nSPS) is 11.0. The van der Waals surface area contributed by atoms with Crippen molar-refractivity contribution < 1.29 is 19.0 Å². The number of hydrogen-bond donors (Lipinski definition) is 1. The second kappa shape index (κ2) is 8.61. The van der Waals surface area contributed by atoms with Crippen LogP contribution >= 0.6 is 0 Å². The second-order valence-electron chi connectivity index (χ2n) is 6.99. The van der Waals surface area contributed by atoms with E-state index in [1.807, 2.05) is 36.4 Å². The number of para-hydroxylation sites is 1. The van der Waals surface area contributed by atoms with Crippen molar-refractivity contribution in [3.05, 3.63) is 53.6 Å². The summed E-state index contributed by atoms with van der Waals surface area (Å²) in [5.41, 5.74) is 1.89. The van der Waals surface area contributed by atoms with Gasteiger partial charge in [-0.2, -0.15) is 0 Å². The molecule has 0 bridgehead atoms. The fourth-order valence-electron chi connectivity index (χ4n) is 2.60. The number of nitrogens with one attached hydrogen (secondary N) is 1. The highest BCUT2D eigenvalue weighted by atomic mass is 16.5. The Kier molecular flexibility index (Phi) is 6.50. The summed E-state index contributed by atoms with van der Waals surface area (Å²) in [4.78, 5) is 12.2. The molecule has 2 rings (SSSR count). The molecule has 0 saturated carbocycles. The van der Waals surface area contributed by atoms with Crippen molar-refractivity contribution in [1.29, 1.82) is 0 Å². The Bertz CT molecular complexity index is 750. The highest BCUT2D eigenvalue weighted by Crippen LogP contribution is 2.30. The molecule has 140 valence electrons. The summed E-state index contributed by atoms with van der Waals surface area (Å²) in [5, 5.41) is 2.85. The van der Waals surface area contributed by atoms with Crippen LogP contribution in [0.15, 0.2) is 42.5 Å². The van der Waals surface area contributed by atoms with E-state index in [0.29, 0.717) is 18.0 Å². The number of rotatable bonds is 7.